The third kappa shape index (κ3) is 2.78. The molecule has 7 heteroatoms. The Hall–Kier alpha value is -1.73. The highest BCUT2D eigenvalue weighted by Crippen LogP contribution is 2.27. The normalized spacial score (nSPS) is 11.1. The smallest absolute Gasteiger partial charge is 0.261 e. The zero-order chi connectivity index (χ0) is 15.9. The molecule has 0 saturated carbocycles. The van der Waals surface area contributed by atoms with Gasteiger partial charge in [0.2, 0.25) is 0 Å². The number of benzene rings is 1. The van der Waals surface area contributed by atoms with Crippen LogP contribution >= 0.6 is 27.3 Å². The van der Waals surface area contributed by atoms with Crippen LogP contribution in [0.1, 0.15) is 20.9 Å². The molecule has 0 unspecified atom stereocenters. The van der Waals surface area contributed by atoms with Crippen molar-refractivity contribution >= 4 is 43.4 Å². The summed E-state index contributed by atoms with van der Waals surface area (Å²) in [5.74, 6) is -0.542. The van der Waals surface area contributed by atoms with E-state index in [1.807, 2.05) is 20.0 Å². The summed E-state index contributed by atoms with van der Waals surface area (Å²) in [5.41, 5.74) is 1.34. The fourth-order valence-electron chi connectivity index (χ4n) is 2.26. The molecule has 22 heavy (non-hydrogen) atoms. The third-order valence-corrected chi connectivity index (χ3v) is 5.06. The summed E-state index contributed by atoms with van der Waals surface area (Å²) in [6, 6.07) is 6.49. The van der Waals surface area contributed by atoms with Crippen molar-refractivity contribution in [3.8, 4) is 0 Å². The van der Waals surface area contributed by atoms with Gasteiger partial charge in [-0.15, -0.1) is 11.3 Å². The molecule has 0 aliphatic heterocycles. The van der Waals surface area contributed by atoms with Crippen LogP contribution in [-0.4, -0.2) is 15.7 Å². The monoisotopic (exact) mass is 381 g/mol. The Morgan fingerprint density at radius 1 is 1.45 bits per heavy atom. The zero-order valence-corrected chi connectivity index (χ0v) is 14.4. The number of rotatable bonds is 3. The molecule has 4 nitrogen and oxygen atoms in total. The SMILES string of the molecule is Cc1nn(C)c2sc(C(=O)NCc3cc(Br)ccc3F)cc12. The maximum Gasteiger partial charge on any atom is 0.261 e. The van der Waals surface area contributed by atoms with Gasteiger partial charge in [0.1, 0.15) is 10.6 Å². The number of aryl methyl sites for hydroxylation is 2. The van der Waals surface area contributed by atoms with E-state index in [1.165, 1.54) is 17.4 Å². The minimum Gasteiger partial charge on any atom is -0.347 e. The minimum absolute atomic E-state index is 0.148. The van der Waals surface area contributed by atoms with Crippen LogP contribution in [0.4, 0.5) is 4.39 Å². The van der Waals surface area contributed by atoms with Crippen molar-refractivity contribution in [2.45, 2.75) is 13.5 Å². The summed E-state index contributed by atoms with van der Waals surface area (Å²) < 4.78 is 16.2. The second-order valence-electron chi connectivity index (χ2n) is 4.96. The van der Waals surface area contributed by atoms with Crippen LogP contribution in [-0.2, 0) is 13.6 Å². The van der Waals surface area contributed by atoms with Gasteiger partial charge in [0, 0.05) is 29.0 Å². The first-order valence-electron chi connectivity index (χ1n) is 6.61. The van der Waals surface area contributed by atoms with Gasteiger partial charge in [0.25, 0.3) is 5.91 Å². The molecule has 1 amide bonds. The van der Waals surface area contributed by atoms with Crippen molar-refractivity contribution < 1.29 is 9.18 Å². The van der Waals surface area contributed by atoms with E-state index in [1.54, 1.807) is 16.8 Å². The number of nitrogens with zero attached hydrogens (tertiary/aromatic N) is 2. The lowest BCUT2D eigenvalue weighted by atomic mass is 10.2. The van der Waals surface area contributed by atoms with Crippen molar-refractivity contribution in [1.82, 2.24) is 15.1 Å². The number of hydrogen-bond donors (Lipinski definition) is 1. The fraction of sp³-hybridized carbons (Fsp3) is 0.200. The van der Waals surface area contributed by atoms with Gasteiger partial charge in [0.15, 0.2) is 0 Å². The number of carbonyl (C=O) groups is 1. The molecule has 3 rings (SSSR count). The number of nitrogens with one attached hydrogen (secondary N) is 1. The van der Waals surface area contributed by atoms with Gasteiger partial charge in [-0.3, -0.25) is 9.48 Å². The Morgan fingerprint density at radius 2 is 2.23 bits per heavy atom. The van der Waals surface area contributed by atoms with Crippen molar-refractivity contribution in [2.24, 2.45) is 7.05 Å². The Labute approximate surface area is 139 Å². The van der Waals surface area contributed by atoms with Crippen LogP contribution < -0.4 is 5.32 Å². The van der Waals surface area contributed by atoms with Gasteiger partial charge in [-0.25, -0.2) is 4.39 Å². The van der Waals surface area contributed by atoms with Crippen LogP contribution in [0.2, 0.25) is 0 Å². The molecular weight excluding hydrogens is 369 g/mol. The summed E-state index contributed by atoms with van der Waals surface area (Å²) in [7, 11) is 1.85. The zero-order valence-electron chi connectivity index (χ0n) is 12.0. The largest absolute Gasteiger partial charge is 0.347 e. The number of amides is 1. The fourth-order valence-corrected chi connectivity index (χ4v) is 3.71. The van der Waals surface area contributed by atoms with E-state index in [0.29, 0.717) is 10.4 Å². The lowest BCUT2D eigenvalue weighted by Crippen LogP contribution is -2.22. The summed E-state index contributed by atoms with van der Waals surface area (Å²) in [5, 5.41) is 8.04. The third-order valence-electron chi connectivity index (χ3n) is 3.37. The van der Waals surface area contributed by atoms with E-state index >= 15 is 0 Å². The Kier molecular flexibility index (Phi) is 4.01. The van der Waals surface area contributed by atoms with Gasteiger partial charge < -0.3 is 5.32 Å². The molecular formula is C15H13BrFN3OS. The molecule has 0 saturated heterocycles. The van der Waals surface area contributed by atoms with E-state index < -0.39 is 0 Å². The number of halogens is 2. The number of aromatic nitrogens is 2. The number of fused-ring (bicyclic) bond motifs is 1. The topological polar surface area (TPSA) is 46.9 Å². The predicted molar refractivity (Wildman–Crippen MR) is 88.6 cm³/mol. The van der Waals surface area contributed by atoms with Crippen LogP contribution in [0.5, 0.6) is 0 Å². The summed E-state index contributed by atoms with van der Waals surface area (Å²) in [6.45, 7) is 2.06. The van der Waals surface area contributed by atoms with Crippen LogP contribution in [0.25, 0.3) is 10.2 Å². The van der Waals surface area contributed by atoms with Crippen LogP contribution in [0.15, 0.2) is 28.7 Å². The highest BCUT2D eigenvalue weighted by atomic mass is 79.9. The quantitative estimate of drug-likeness (QED) is 0.750. The molecule has 1 N–H and O–H groups in total. The van der Waals surface area contributed by atoms with Crippen molar-refractivity contribution in [3.63, 3.8) is 0 Å². The van der Waals surface area contributed by atoms with Crippen molar-refractivity contribution in [2.75, 3.05) is 0 Å². The maximum absolute atomic E-state index is 13.7. The molecule has 0 fully saturated rings. The molecule has 0 bridgehead atoms. The first-order valence-corrected chi connectivity index (χ1v) is 8.22. The Bertz CT molecular complexity index is 837. The second-order valence-corrected chi connectivity index (χ2v) is 6.90. The van der Waals surface area contributed by atoms with Gasteiger partial charge in [-0.05, 0) is 31.2 Å². The Morgan fingerprint density at radius 3 is 2.95 bits per heavy atom. The van der Waals surface area contributed by atoms with Crippen LogP contribution in [0.3, 0.4) is 0 Å². The van der Waals surface area contributed by atoms with Gasteiger partial charge in [-0.2, -0.15) is 5.10 Å². The number of carbonyl (C=O) groups excluding carboxylic acids is 1. The summed E-state index contributed by atoms with van der Waals surface area (Å²) in [4.78, 5) is 13.8. The minimum atomic E-state index is -0.333. The van der Waals surface area contributed by atoms with E-state index in [-0.39, 0.29) is 18.3 Å². The number of hydrogen-bond acceptors (Lipinski definition) is 3. The average molecular weight is 382 g/mol. The van der Waals surface area contributed by atoms with Gasteiger partial charge in [0.05, 0.1) is 10.6 Å². The van der Waals surface area contributed by atoms with Crippen molar-refractivity contribution in [1.29, 1.82) is 0 Å². The Balaban J connectivity index is 1.78. The molecule has 3 aromatic rings. The van der Waals surface area contributed by atoms with E-state index in [4.69, 9.17) is 0 Å². The molecule has 0 aliphatic rings. The van der Waals surface area contributed by atoms with Gasteiger partial charge >= 0.3 is 0 Å². The molecule has 114 valence electrons. The second kappa shape index (κ2) is 5.81. The molecule has 0 spiro atoms. The van der Waals surface area contributed by atoms with Gasteiger partial charge in [-0.1, -0.05) is 15.9 Å². The summed E-state index contributed by atoms with van der Waals surface area (Å²) >= 11 is 4.68. The summed E-state index contributed by atoms with van der Waals surface area (Å²) in [6.07, 6.45) is 0. The highest BCUT2D eigenvalue weighted by molar-refractivity contribution is 9.10. The lowest BCUT2D eigenvalue weighted by molar-refractivity contribution is 0.0954. The van der Waals surface area contributed by atoms with E-state index in [0.717, 1.165) is 20.4 Å². The predicted octanol–water partition coefficient (Wildman–Crippen LogP) is 3.77. The average Bonchev–Trinajstić information content (AvgIpc) is 3.02. The molecule has 2 heterocycles. The number of thiophene rings is 1. The molecule has 2 aromatic heterocycles. The highest BCUT2D eigenvalue weighted by Gasteiger charge is 2.15. The maximum atomic E-state index is 13.7. The standard InChI is InChI=1S/C15H13BrFN3OS/c1-8-11-6-13(22-15(11)20(2)19-8)14(21)18-7-9-5-10(16)3-4-12(9)17/h3-6H,7H2,1-2H3,(H,18,21). The molecule has 0 atom stereocenters. The van der Waals surface area contributed by atoms with E-state index in [2.05, 4.69) is 26.3 Å². The van der Waals surface area contributed by atoms with Crippen molar-refractivity contribution in [3.05, 3.63) is 50.7 Å². The molecule has 1 aromatic carbocycles. The molecule has 0 aliphatic carbocycles. The first-order chi connectivity index (χ1) is 10.5. The molecule has 0 radical (unpaired) electrons. The first kappa shape index (κ1) is 15.2. The lowest BCUT2D eigenvalue weighted by Gasteiger charge is -2.05. The van der Waals surface area contributed by atoms with Crippen LogP contribution in [0, 0.1) is 12.7 Å². The van der Waals surface area contributed by atoms with E-state index in [9.17, 15) is 9.18 Å².